The fourth-order valence-corrected chi connectivity index (χ4v) is 6.12. The lowest BCUT2D eigenvalue weighted by Gasteiger charge is -2.26. The number of carbonyl (C=O) groups is 3. The van der Waals surface area contributed by atoms with Crippen molar-refractivity contribution in [3.63, 3.8) is 0 Å². The summed E-state index contributed by atoms with van der Waals surface area (Å²) in [6, 6.07) is 0. The predicted molar refractivity (Wildman–Crippen MR) is 255 cm³/mol. The normalized spacial score (nSPS) is 13.6. The maximum absolute atomic E-state index is 12.8. The summed E-state index contributed by atoms with van der Waals surface area (Å²) in [5, 5.41) is 11.7. The number of nitrogens with zero attached hydrogens (tertiary/aromatic N) is 1. The molecule has 2 atom stereocenters. The van der Waals surface area contributed by atoms with E-state index in [1.54, 1.807) is 0 Å². The van der Waals surface area contributed by atoms with Crippen LogP contribution in [0.4, 0.5) is 0 Å². The van der Waals surface area contributed by atoms with Gasteiger partial charge in [0, 0.05) is 12.8 Å². The van der Waals surface area contributed by atoms with E-state index >= 15 is 0 Å². The van der Waals surface area contributed by atoms with E-state index in [1.165, 1.54) is 32.1 Å². The number of quaternary nitrogens is 1. The molecule has 0 fully saturated rings. The van der Waals surface area contributed by atoms with Crippen LogP contribution in [0.2, 0.25) is 0 Å². The van der Waals surface area contributed by atoms with Gasteiger partial charge in [-0.1, -0.05) is 157 Å². The van der Waals surface area contributed by atoms with Crippen LogP contribution >= 0.6 is 0 Å². The molecule has 0 aromatic carbocycles. The molecule has 0 rings (SSSR count). The third-order valence-corrected chi connectivity index (χ3v) is 9.88. The molecule has 0 aromatic heterocycles. The number of likely N-dealkylation sites (N-methyl/N-ethyl adjacent to an activating group) is 1. The van der Waals surface area contributed by atoms with Gasteiger partial charge in [-0.15, -0.1) is 0 Å². The molecule has 0 amide bonds. The fourth-order valence-electron chi connectivity index (χ4n) is 6.12. The summed E-state index contributed by atoms with van der Waals surface area (Å²) in [6.45, 7) is 4.55. The Balaban J connectivity index is 4.47. The third-order valence-electron chi connectivity index (χ3n) is 9.88. The first kappa shape index (κ1) is 58.5. The van der Waals surface area contributed by atoms with E-state index in [9.17, 15) is 19.5 Å². The molecule has 0 aromatic rings. The summed E-state index contributed by atoms with van der Waals surface area (Å²) >= 11 is 0. The number of esters is 2. The highest BCUT2D eigenvalue weighted by Gasteiger charge is 2.21. The minimum Gasteiger partial charge on any atom is -0.545 e. The summed E-state index contributed by atoms with van der Waals surface area (Å²) in [7, 11) is 5.89. The molecule has 0 saturated carbocycles. The van der Waals surface area contributed by atoms with Crippen molar-refractivity contribution in [2.45, 2.75) is 187 Å². The second-order valence-corrected chi connectivity index (χ2v) is 17.0. The Labute approximate surface area is 379 Å². The van der Waals surface area contributed by atoms with Crippen molar-refractivity contribution in [2.24, 2.45) is 0 Å². The SMILES string of the molecule is CC/C=C\C/C=C\C/C=C\C/C=C\C/C=C\CCCCCCCC(=O)OC(COC(=O)CCCCCCC/C=C\C/C=C\CCCCCC)COC(OCC[N+](C)(C)C)C(=O)[O-]. The molecule has 0 aliphatic carbocycles. The lowest BCUT2D eigenvalue weighted by Crippen LogP contribution is -2.44. The van der Waals surface area contributed by atoms with Crippen molar-refractivity contribution in [3.8, 4) is 0 Å². The number of carbonyl (C=O) groups excluding carboxylic acids is 3. The van der Waals surface area contributed by atoms with Crippen LogP contribution in [0.1, 0.15) is 174 Å². The molecule has 0 N–H and O–H groups in total. The lowest BCUT2D eigenvalue weighted by molar-refractivity contribution is -0.870. The molecule has 0 aliphatic heterocycles. The monoisotopic (exact) mass is 868 g/mol. The molecule has 0 saturated heterocycles. The molecule has 0 spiro atoms. The maximum Gasteiger partial charge on any atom is 0.306 e. The van der Waals surface area contributed by atoms with E-state index in [0.29, 0.717) is 23.9 Å². The topological polar surface area (TPSA) is 111 Å². The summed E-state index contributed by atoms with van der Waals surface area (Å²) in [5.74, 6) is -2.34. The van der Waals surface area contributed by atoms with E-state index in [1.807, 2.05) is 21.1 Å². The number of rotatable bonds is 43. The number of ether oxygens (including phenoxy) is 4. The summed E-state index contributed by atoms with van der Waals surface area (Å²) in [6.07, 6.45) is 53.2. The zero-order valence-corrected chi connectivity index (χ0v) is 40.0. The number of unbranched alkanes of at least 4 members (excludes halogenated alkanes) is 14. The molecule has 2 unspecified atom stereocenters. The van der Waals surface area contributed by atoms with Crippen LogP contribution in [0, 0.1) is 0 Å². The van der Waals surface area contributed by atoms with Gasteiger partial charge in [0.25, 0.3) is 0 Å². The molecular weight excluding hydrogens is 779 g/mol. The first-order valence-corrected chi connectivity index (χ1v) is 24.2. The van der Waals surface area contributed by atoms with Gasteiger partial charge < -0.3 is 33.3 Å². The molecular formula is C53H89NO8. The summed E-state index contributed by atoms with van der Waals surface area (Å²) in [4.78, 5) is 37.1. The van der Waals surface area contributed by atoms with Gasteiger partial charge in [0.05, 0.1) is 40.3 Å². The number of aliphatic carboxylic acids is 1. The van der Waals surface area contributed by atoms with E-state index in [0.717, 1.165) is 103 Å². The standard InChI is InChI=1S/C53H89NO8/c1-6-8-10-12-14-16-18-20-22-24-25-26-27-28-30-32-34-36-38-40-42-44-51(56)62-49(48-61-53(52(57)58)59-46-45-54(3,4)5)47-60-50(55)43-41-39-37-35-33-31-29-23-21-19-17-15-13-11-9-7-2/h8,10,14,16-17,19-20,22-23,25-26,28-30,49,53H,6-7,9,11-13,15,18,21,24,27,31-48H2,1-5H3/b10-8-,16-14-,19-17-,22-20-,26-25-,29-23-,30-28-. The zero-order chi connectivity index (χ0) is 45.6. The van der Waals surface area contributed by atoms with Gasteiger partial charge in [-0.05, 0) is 89.9 Å². The number of carboxylic acids is 1. The number of hydrogen-bond donors (Lipinski definition) is 0. The molecule has 0 bridgehead atoms. The van der Waals surface area contributed by atoms with Crippen LogP contribution in [-0.2, 0) is 33.3 Å². The number of allylic oxidation sites excluding steroid dienone is 14. The van der Waals surface area contributed by atoms with Crippen LogP contribution in [0.5, 0.6) is 0 Å². The Kier molecular flexibility index (Phi) is 41.6. The highest BCUT2D eigenvalue weighted by atomic mass is 16.7. The van der Waals surface area contributed by atoms with E-state index in [4.69, 9.17) is 18.9 Å². The van der Waals surface area contributed by atoms with Gasteiger partial charge in [0.1, 0.15) is 13.2 Å². The van der Waals surface area contributed by atoms with Crippen LogP contribution in [0.25, 0.3) is 0 Å². The average molecular weight is 868 g/mol. The minimum absolute atomic E-state index is 0.136. The van der Waals surface area contributed by atoms with Crippen LogP contribution in [-0.4, -0.2) is 82.3 Å². The fraction of sp³-hybridized carbons (Fsp3) is 0.679. The Hall–Kier alpha value is -3.53. The van der Waals surface area contributed by atoms with Gasteiger partial charge in [-0.25, -0.2) is 0 Å². The quantitative estimate of drug-likeness (QED) is 0.0196. The van der Waals surface area contributed by atoms with Crippen molar-refractivity contribution in [2.75, 3.05) is 47.5 Å². The van der Waals surface area contributed by atoms with Gasteiger partial charge in [0.15, 0.2) is 12.4 Å². The lowest BCUT2D eigenvalue weighted by atomic mass is 10.1. The molecule has 354 valence electrons. The highest BCUT2D eigenvalue weighted by Crippen LogP contribution is 2.12. The van der Waals surface area contributed by atoms with Crippen LogP contribution in [0.3, 0.4) is 0 Å². The van der Waals surface area contributed by atoms with Crippen molar-refractivity contribution < 1.29 is 42.9 Å². The number of carboxylic acid groups (broad SMARTS) is 1. The maximum atomic E-state index is 12.8. The Morgan fingerprint density at radius 3 is 1.37 bits per heavy atom. The molecule has 0 aliphatic rings. The van der Waals surface area contributed by atoms with Crippen LogP contribution in [0.15, 0.2) is 85.1 Å². The molecule has 0 heterocycles. The second kappa shape index (κ2) is 44.1. The van der Waals surface area contributed by atoms with Crippen molar-refractivity contribution >= 4 is 17.9 Å². The van der Waals surface area contributed by atoms with Gasteiger partial charge in [-0.2, -0.15) is 0 Å². The number of hydrogen-bond acceptors (Lipinski definition) is 8. The second-order valence-electron chi connectivity index (χ2n) is 17.0. The minimum atomic E-state index is -1.63. The summed E-state index contributed by atoms with van der Waals surface area (Å²) < 4.78 is 22.6. The third kappa shape index (κ3) is 44.5. The van der Waals surface area contributed by atoms with E-state index in [2.05, 4.69) is 98.9 Å². The molecule has 9 nitrogen and oxygen atoms in total. The summed E-state index contributed by atoms with van der Waals surface area (Å²) in [5.41, 5.74) is 0. The predicted octanol–water partition coefficient (Wildman–Crippen LogP) is 11.9. The molecule has 9 heteroatoms. The highest BCUT2D eigenvalue weighted by molar-refractivity contribution is 5.70. The van der Waals surface area contributed by atoms with Gasteiger partial charge in [0.2, 0.25) is 0 Å². The zero-order valence-electron chi connectivity index (χ0n) is 40.0. The molecule has 0 radical (unpaired) electrons. The smallest absolute Gasteiger partial charge is 0.306 e. The van der Waals surface area contributed by atoms with Crippen molar-refractivity contribution in [1.82, 2.24) is 0 Å². The van der Waals surface area contributed by atoms with Crippen LogP contribution < -0.4 is 5.11 Å². The molecule has 62 heavy (non-hydrogen) atoms. The van der Waals surface area contributed by atoms with Gasteiger partial charge >= 0.3 is 11.9 Å². The Morgan fingerprint density at radius 1 is 0.500 bits per heavy atom. The largest absolute Gasteiger partial charge is 0.545 e. The Morgan fingerprint density at radius 2 is 0.919 bits per heavy atom. The first-order chi connectivity index (χ1) is 30.1. The Bertz CT molecular complexity index is 1290. The average Bonchev–Trinajstić information content (AvgIpc) is 3.23. The van der Waals surface area contributed by atoms with Crippen molar-refractivity contribution in [3.05, 3.63) is 85.1 Å². The first-order valence-electron chi connectivity index (χ1n) is 24.2. The van der Waals surface area contributed by atoms with E-state index < -0.39 is 24.3 Å². The van der Waals surface area contributed by atoms with Crippen molar-refractivity contribution in [1.29, 1.82) is 0 Å². The van der Waals surface area contributed by atoms with Gasteiger partial charge in [-0.3, -0.25) is 9.59 Å². The van der Waals surface area contributed by atoms with E-state index in [-0.39, 0.29) is 38.6 Å².